The zero-order valence-corrected chi connectivity index (χ0v) is 10.8. The molecule has 1 N–H and O–H groups in total. The highest BCUT2D eigenvalue weighted by Gasteiger charge is 2.17. The molecule has 0 radical (unpaired) electrons. The highest BCUT2D eigenvalue weighted by atomic mass is 32.2. The minimum absolute atomic E-state index is 0.0549. The summed E-state index contributed by atoms with van der Waals surface area (Å²) >= 11 is 0. The van der Waals surface area contributed by atoms with E-state index < -0.39 is 10.0 Å². The minimum atomic E-state index is -3.68. The van der Waals surface area contributed by atoms with Crippen LogP contribution in [0.4, 0.5) is 5.95 Å². The lowest BCUT2D eigenvalue weighted by atomic mass is 10.5. The number of sulfonamides is 1. The van der Waals surface area contributed by atoms with Gasteiger partial charge in [-0.15, -0.1) is 0 Å². The number of aromatic nitrogens is 4. The highest BCUT2D eigenvalue weighted by Crippen LogP contribution is 2.11. The molecule has 2 heterocycles. The van der Waals surface area contributed by atoms with Crippen molar-refractivity contribution in [3.8, 4) is 0 Å². The molecule has 2 aromatic heterocycles. The predicted octanol–water partition coefficient (Wildman–Crippen LogP) is 0.802. The topological polar surface area (TPSA) is 89.8 Å². The molecule has 0 aromatic carbocycles. The third kappa shape index (κ3) is 2.65. The molecule has 0 saturated heterocycles. The van der Waals surface area contributed by atoms with Gasteiger partial charge in [-0.1, -0.05) is 0 Å². The Morgan fingerprint density at radius 2 is 2.22 bits per heavy atom. The molecule has 0 aliphatic heterocycles. The van der Waals surface area contributed by atoms with Crippen molar-refractivity contribution in [2.45, 2.75) is 25.3 Å². The van der Waals surface area contributed by atoms with Gasteiger partial charge in [-0.2, -0.15) is 5.10 Å². The van der Waals surface area contributed by atoms with Crippen molar-refractivity contribution in [2.24, 2.45) is 0 Å². The molecule has 0 bridgehead atoms. The molecule has 18 heavy (non-hydrogen) atoms. The van der Waals surface area contributed by atoms with E-state index in [0.29, 0.717) is 12.2 Å². The Balaban J connectivity index is 2.27. The SMILES string of the molecule is CCn1cc(S(=O)(=O)Nc2nccc(C)n2)cn1. The molecular formula is C10H13N5O2S. The van der Waals surface area contributed by atoms with Crippen LogP contribution in [0, 0.1) is 6.92 Å². The van der Waals surface area contributed by atoms with Crippen LogP contribution in [0.2, 0.25) is 0 Å². The van der Waals surface area contributed by atoms with Crippen molar-refractivity contribution < 1.29 is 8.42 Å². The number of anilines is 1. The molecule has 0 amide bonds. The lowest BCUT2D eigenvalue weighted by Crippen LogP contribution is -2.14. The van der Waals surface area contributed by atoms with Gasteiger partial charge in [0.2, 0.25) is 5.95 Å². The molecule has 0 saturated carbocycles. The second kappa shape index (κ2) is 4.73. The van der Waals surface area contributed by atoms with Gasteiger partial charge in [0, 0.05) is 24.6 Å². The lowest BCUT2D eigenvalue weighted by Gasteiger charge is -2.04. The van der Waals surface area contributed by atoms with Crippen LogP contribution in [-0.2, 0) is 16.6 Å². The van der Waals surface area contributed by atoms with Crippen LogP contribution >= 0.6 is 0 Å². The molecule has 2 rings (SSSR count). The Bertz CT molecular complexity index is 650. The van der Waals surface area contributed by atoms with E-state index in [1.54, 1.807) is 13.0 Å². The molecule has 0 fully saturated rings. The summed E-state index contributed by atoms with van der Waals surface area (Å²) < 4.78 is 27.8. The smallest absolute Gasteiger partial charge is 0.267 e. The fourth-order valence-electron chi connectivity index (χ4n) is 1.33. The average Bonchev–Trinajstić information content (AvgIpc) is 2.77. The summed E-state index contributed by atoms with van der Waals surface area (Å²) in [5.74, 6) is 0.0549. The first-order valence-electron chi connectivity index (χ1n) is 5.36. The quantitative estimate of drug-likeness (QED) is 0.885. The Hall–Kier alpha value is -1.96. The van der Waals surface area contributed by atoms with Crippen molar-refractivity contribution in [1.29, 1.82) is 0 Å². The molecular weight excluding hydrogens is 254 g/mol. The van der Waals surface area contributed by atoms with E-state index in [0.717, 1.165) is 0 Å². The first kappa shape index (κ1) is 12.5. The van der Waals surface area contributed by atoms with Crippen LogP contribution in [0.1, 0.15) is 12.6 Å². The van der Waals surface area contributed by atoms with Gasteiger partial charge in [-0.25, -0.2) is 23.1 Å². The number of nitrogens with one attached hydrogen (secondary N) is 1. The monoisotopic (exact) mass is 267 g/mol. The summed E-state index contributed by atoms with van der Waals surface area (Å²) in [6, 6.07) is 1.69. The Labute approximate surface area is 105 Å². The molecule has 0 aliphatic rings. The van der Waals surface area contributed by atoms with Crippen molar-refractivity contribution >= 4 is 16.0 Å². The minimum Gasteiger partial charge on any atom is -0.272 e. The third-order valence-electron chi connectivity index (χ3n) is 2.26. The number of rotatable bonds is 4. The maximum Gasteiger partial charge on any atom is 0.267 e. The van der Waals surface area contributed by atoms with Gasteiger partial charge in [0.05, 0.1) is 6.20 Å². The predicted molar refractivity (Wildman–Crippen MR) is 65.5 cm³/mol. The molecule has 0 aliphatic carbocycles. The third-order valence-corrected chi connectivity index (χ3v) is 3.55. The zero-order valence-electron chi connectivity index (χ0n) is 10.0. The first-order valence-corrected chi connectivity index (χ1v) is 6.84. The number of nitrogens with zero attached hydrogens (tertiary/aromatic N) is 4. The summed E-state index contributed by atoms with van der Waals surface area (Å²) in [5, 5.41) is 3.92. The van der Waals surface area contributed by atoms with Crippen LogP contribution in [-0.4, -0.2) is 28.2 Å². The normalized spacial score (nSPS) is 11.4. The van der Waals surface area contributed by atoms with Crippen LogP contribution in [0.25, 0.3) is 0 Å². The lowest BCUT2D eigenvalue weighted by molar-refractivity contribution is 0.600. The van der Waals surface area contributed by atoms with Gasteiger partial charge in [0.25, 0.3) is 10.0 Å². The zero-order chi connectivity index (χ0) is 13.2. The van der Waals surface area contributed by atoms with Gasteiger partial charge in [-0.3, -0.25) is 4.68 Å². The van der Waals surface area contributed by atoms with Crippen molar-refractivity contribution in [1.82, 2.24) is 19.7 Å². The summed E-state index contributed by atoms with van der Waals surface area (Å²) in [5.41, 5.74) is 0.687. The van der Waals surface area contributed by atoms with Crippen LogP contribution in [0.15, 0.2) is 29.6 Å². The molecule has 0 spiro atoms. The van der Waals surface area contributed by atoms with Crippen LogP contribution in [0.5, 0.6) is 0 Å². The van der Waals surface area contributed by atoms with Crippen molar-refractivity contribution in [2.75, 3.05) is 4.72 Å². The van der Waals surface area contributed by atoms with E-state index in [9.17, 15) is 8.42 Å². The Morgan fingerprint density at radius 1 is 1.44 bits per heavy atom. The van der Waals surface area contributed by atoms with Crippen LogP contribution < -0.4 is 4.72 Å². The van der Waals surface area contributed by atoms with Gasteiger partial charge < -0.3 is 0 Å². The van der Waals surface area contributed by atoms with E-state index in [4.69, 9.17) is 0 Å². The van der Waals surface area contributed by atoms with E-state index in [1.165, 1.54) is 23.3 Å². The molecule has 0 atom stereocenters. The molecule has 0 unspecified atom stereocenters. The highest BCUT2D eigenvalue weighted by molar-refractivity contribution is 7.92. The summed E-state index contributed by atoms with van der Waals surface area (Å²) in [4.78, 5) is 7.92. The van der Waals surface area contributed by atoms with Gasteiger partial charge in [0.15, 0.2) is 0 Å². The number of hydrogen-bond donors (Lipinski definition) is 1. The summed E-state index contributed by atoms with van der Waals surface area (Å²) in [7, 11) is -3.68. The fraction of sp³-hybridized carbons (Fsp3) is 0.300. The largest absolute Gasteiger partial charge is 0.272 e. The van der Waals surface area contributed by atoms with Gasteiger partial charge in [-0.05, 0) is 19.9 Å². The number of hydrogen-bond acceptors (Lipinski definition) is 5. The Morgan fingerprint density at radius 3 is 2.83 bits per heavy atom. The second-order valence-corrected chi connectivity index (χ2v) is 5.34. The maximum absolute atomic E-state index is 12.0. The van der Waals surface area contributed by atoms with Crippen LogP contribution in [0.3, 0.4) is 0 Å². The fourth-order valence-corrected chi connectivity index (χ4v) is 2.24. The van der Waals surface area contributed by atoms with E-state index in [-0.39, 0.29) is 10.8 Å². The van der Waals surface area contributed by atoms with Gasteiger partial charge >= 0.3 is 0 Å². The summed E-state index contributed by atoms with van der Waals surface area (Å²) in [6.45, 7) is 4.24. The second-order valence-electron chi connectivity index (χ2n) is 3.66. The van der Waals surface area contributed by atoms with Gasteiger partial charge in [0.1, 0.15) is 4.90 Å². The standard InChI is InChI=1S/C10H13N5O2S/c1-3-15-7-9(6-12-15)18(16,17)14-10-11-5-4-8(2)13-10/h4-7H,3H2,1-2H3,(H,11,13,14). The summed E-state index contributed by atoms with van der Waals surface area (Å²) in [6.07, 6.45) is 4.25. The van der Waals surface area contributed by atoms with E-state index in [2.05, 4.69) is 19.8 Å². The number of aryl methyl sites for hydroxylation is 2. The van der Waals surface area contributed by atoms with E-state index >= 15 is 0 Å². The molecule has 96 valence electrons. The average molecular weight is 267 g/mol. The van der Waals surface area contributed by atoms with Crippen molar-refractivity contribution in [3.05, 3.63) is 30.4 Å². The molecule has 8 heteroatoms. The van der Waals surface area contributed by atoms with E-state index in [1.807, 2.05) is 6.92 Å². The molecule has 7 nitrogen and oxygen atoms in total. The first-order chi connectivity index (χ1) is 8.51. The Kier molecular flexibility index (Phi) is 3.28. The van der Waals surface area contributed by atoms with Crippen molar-refractivity contribution in [3.63, 3.8) is 0 Å². The molecule has 2 aromatic rings. The maximum atomic E-state index is 12.0.